The van der Waals surface area contributed by atoms with Crippen molar-refractivity contribution in [2.75, 3.05) is 0 Å². The van der Waals surface area contributed by atoms with Gasteiger partial charge in [0.15, 0.2) is 0 Å². The summed E-state index contributed by atoms with van der Waals surface area (Å²) in [6.07, 6.45) is 0. The molecule has 27 valence electrons. The van der Waals surface area contributed by atoms with Gasteiger partial charge in [0.1, 0.15) is 0 Å². The van der Waals surface area contributed by atoms with Crippen molar-refractivity contribution in [2.24, 2.45) is 0 Å². The van der Waals surface area contributed by atoms with Crippen molar-refractivity contribution in [3.8, 4) is 0 Å². The Morgan fingerprint density at radius 1 is 1.00 bits per heavy atom. The van der Waals surface area contributed by atoms with E-state index in [0.29, 0.717) is 0 Å². The molecule has 0 saturated heterocycles. The molecule has 0 spiro atoms. The molecule has 1 nitrogen and oxygen atoms in total. The summed E-state index contributed by atoms with van der Waals surface area (Å²) in [6, 6.07) is 0. The molecule has 0 bridgehead atoms. The first-order chi connectivity index (χ1) is 0. The molecule has 0 unspecified atom stereocenters. The fourth-order valence-electron chi connectivity index (χ4n) is 0. The van der Waals surface area contributed by atoms with Gasteiger partial charge in [-0.05, 0) is 0 Å². The SMILES string of the molecule is O.[Fe].[Mg].[Ti].[V]. The Bertz CT molecular complexity index is 11.6. The van der Waals surface area contributed by atoms with Crippen LogP contribution >= 0.6 is 0 Å². The number of rotatable bonds is 0. The summed E-state index contributed by atoms with van der Waals surface area (Å²) in [4.78, 5) is 0. The molecule has 5 heteroatoms. The molecule has 0 atom stereocenters. The molecule has 0 aliphatic heterocycles. The summed E-state index contributed by atoms with van der Waals surface area (Å²) < 4.78 is 0. The van der Waals surface area contributed by atoms with Crippen molar-refractivity contribution in [2.45, 2.75) is 0 Å². The Morgan fingerprint density at radius 2 is 1.00 bits per heavy atom. The maximum absolute atomic E-state index is 0. The number of hydrogen-bond donors (Lipinski definition) is 0. The average molecular weight is 197 g/mol. The van der Waals surface area contributed by atoms with E-state index in [-0.39, 0.29) is 85.9 Å². The van der Waals surface area contributed by atoms with E-state index in [2.05, 4.69) is 0 Å². The van der Waals surface area contributed by atoms with Crippen molar-refractivity contribution in [1.29, 1.82) is 0 Å². The van der Waals surface area contributed by atoms with Crippen molar-refractivity contribution < 1.29 is 62.8 Å². The second-order valence-corrected chi connectivity index (χ2v) is 0. The van der Waals surface area contributed by atoms with Crippen LogP contribution in [0.5, 0.6) is 0 Å². The van der Waals surface area contributed by atoms with Gasteiger partial charge in [-0.15, -0.1) is 0 Å². The van der Waals surface area contributed by atoms with Gasteiger partial charge in [0, 0.05) is 80.4 Å². The maximum atomic E-state index is 0. The predicted molar refractivity (Wildman–Crippen MR) is 9.37 cm³/mol. The van der Waals surface area contributed by atoms with E-state index < -0.39 is 0 Å². The second kappa shape index (κ2) is 31.1. The molecular formula is H2FeMgOTiV. The van der Waals surface area contributed by atoms with Crippen LogP contribution in [0.25, 0.3) is 0 Å². The fraction of sp³-hybridized carbons (Fsp3) is 0. The van der Waals surface area contributed by atoms with Gasteiger partial charge < -0.3 is 5.48 Å². The van der Waals surface area contributed by atoms with Crippen LogP contribution in [0.1, 0.15) is 0 Å². The molecule has 2 N–H and O–H groups in total. The smallest absolute Gasteiger partial charge is 0 e. The third-order valence-electron chi connectivity index (χ3n) is 0. The van der Waals surface area contributed by atoms with Crippen LogP contribution in [0.15, 0.2) is 0 Å². The van der Waals surface area contributed by atoms with Gasteiger partial charge in [0.05, 0.1) is 0 Å². The fourth-order valence-corrected chi connectivity index (χ4v) is 0. The molecule has 0 aromatic heterocycles. The van der Waals surface area contributed by atoms with Gasteiger partial charge >= 0.3 is 0 Å². The zero-order valence-electron chi connectivity index (χ0n) is 2.51. The van der Waals surface area contributed by atoms with Crippen molar-refractivity contribution >= 4 is 23.1 Å². The van der Waals surface area contributed by atoms with Crippen molar-refractivity contribution in [3.63, 3.8) is 0 Å². The first-order valence-corrected chi connectivity index (χ1v) is 0. The summed E-state index contributed by atoms with van der Waals surface area (Å²) in [5.41, 5.74) is 0. The van der Waals surface area contributed by atoms with Crippen molar-refractivity contribution in [1.82, 2.24) is 0 Å². The monoisotopic (exact) mass is 197 g/mol. The van der Waals surface area contributed by atoms with Crippen LogP contribution in [0.2, 0.25) is 0 Å². The van der Waals surface area contributed by atoms with Gasteiger partial charge in [-0.3, -0.25) is 0 Å². The van der Waals surface area contributed by atoms with Crippen molar-refractivity contribution in [3.05, 3.63) is 0 Å². The molecule has 5 heavy (non-hydrogen) atoms. The van der Waals surface area contributed by atoms with E-state index in [1.54, 1.807) is 0 Å². The van der Waals surface area contributed by atoms with Crippen LogP contribution in [-0.2, 0) is 57.3 Å². The quantitative estimate of drug-likeness (QED) is 0.436. The molecule has 0 aliphatic rings. The molecule has 0 aromatic rings. The second-order valence-electron chi connectivity index (χ2n) is 0. The Labute approximate surface area is 84.7 Å². The molecule has 0 aliphatic carbocycles. The van der Waals surface area contributed by atoms with Crippen LogP contribution in [0.4, 0.5) is 0 Å². The summed E-state index contributed by atoms with van der Waals surface area (Å²) in [7, 11) is 0. The Balaban J connectivity index is 0. The standard InChI is InChI=1S/Fe.Mg.H2O.Ti.V/h;;1H2;;. The zero-order valence-corrected chi connectivity index (χ0v) is 7.98. The van der Waals surface area contributed by atoms with Crippen LogP contribution in [-0.4, -0.2) is 28.5 Å². The van der Waals surface area contributed by atoms with Gasteiger partial charge in [-0.2, -0.15) is 0 Å². The minimum absolute atomic E-state index is 0. The normalized spacial score (nSPS) is 0. The maximum Gasteiger partial charge on any atom is 0 e. The largest absolute Gasteiger partial charge is 0.412 e. The molecule has 0 heterocycles. The summed E-state index contributed by atoms with van der Waals surface area (Å²) in [5.74, 6) is 0. The molecule has 3 radical (unpaired) electrons. The summed E-state index contributed by atoms with van der Waals surface area (Å²) in [5, 5.41) is 0. The van der Waals surface area contributed by atoms with Crippen LogP contribution in [0, 0.1) is 0 Å². The number of hydrogen-bond acceptors (Lipinski definition) is 0. The van der Waals surface area contributed by atoms with E-state index in [9.17, 15) is 0 Å². The van der Waals surface area contributed by atoms with Gasteiger partial charge in [0.25, 0.3) is 0 Å². The van der Waals surface area contributed by atoms with E-state index in [4.69, 9.17) is 0 Å². The van der Waals surface area contributed by atoms with E-state index in [1.165, 1.54) is 0 Å². The molecule has 0 fully saturated rings. The minimum atomic E-state index is 0. The van der Waals surface area contributed by atoms with Crippen LogP contribution in [0.3, 0.4) is 0 Å². The average Bonchev–Trinajstić information content (AvgIpc) is 0. The minimum Gasteiger partial charge on any atom is -0.412 e. The zero-order chi connectivity index (χ0) is 0. The Morgan fingerprint density at radius 3 is 1.00 bits per heavy atom. The third-order valence-corrected chi connectivity index (χ3v) is 0. The molecule has 0 aromatic carbocycles. The van der Waals surface area contributed by atoms with Crippen LogP contribution < -0.4 is 0 Å². The summed E-state index contributed by atoms with van der Waals surface area (Å²) >= 11 is 0. The van der Waals surface area contributed by atoms with Gasteiger partial charge in [-0.1, -0.05) is 0 Å². The Kier molecular flexibility index (Phi) is 310. The summed E-state index contributed by atoms with van der Waals surface area (Å²) in [6.45, 7) is 0. The molecule has 0 saturated carbocycles. The molecular weight excluding hydrogens is 195 g/mol. The van der Waals surface area contributed by atoms with E-state index in [0.717, 1.165) is 0 Å². The van der Waals surface area contributed by atoms with Gasteiger partial charge in [0.2, 0.25) is 0 Å². The predicted octanol–water partition coefficient (Wildman–Crippen LogP) is -1.21. The molecule has 0 amide bonds. The third kappa shape index (κ3) is 20.9. The first-order valence-electron chi connectivity index (χ1n) is 0. The molecule has 0 rings (SSSR count). The first kappa shape index (κ1) is 49.9. The van der Waals surface area contributed by atoms with Gasteiger partial charge in [-0.25, -0.2) is 0 Å². The Hall–Kier alpha value is 2.54. The van der Waals surface area contributed by atoms with E-state index >= 15 is 0 Å². The van der Waals surface area contributed by atoms with E-state index in [1.807, 2.05) is 0 Å². The topological polar surface area (TPSA) is 31.5 Å².